The zero-order valence-corrected chi connectivity index (χ0v) is 18.9. The van der Waals surface area contributed by atoms with Crippen LogP contribution in [-0.4, -0.2) is 58.4 Å². The molecule has 0 aromatic rings. The minimum absolute atomic E-state index is 0.0125. The Morgan fingerprint density at radius 3 is 2.27 bits per heavy atom. The number of hydrogen-bond acceptors (Lipinski definition) is 8. The first-order valence-corrected chi connectivity index (χ1v) is 12.4. The summed E-state index contributed by atoms with van der Waals surface area (Å²) in [4.78, 5) is 33.8. The van der Waals surface area contributed by atoms with Crippen LogP contribution in [0.25, 0.3) is 0 Å². The van der Waals surface area contributed by atoms with Crippen molar-refractivity contribution in [3.05, 3.63) is 0 Å². The second kappa shape index (κ2) is 14.3. The Labute approximate surface area is 178 Å². The van der Waals surface area contributed by atoms with E-state index in [0.717, 1.165) is 38.5 Å². The fraction of sp³-hybridized carbons (Fsp3) is 0.900. The maximum Gasteiger partial charge on any atom is 0.473 e. The normalized spacial score (nSPS) is 23.2. The summed E-state index contributed by atoms with van der Waals surface area (Å²) in [6.07, 6.45) is 5.38. The molecule has 0 radical (unpaired) electrons. The molecule has 10 heteroatoms. The highest BCUT2D eigenvalue weighted by molar-refractivity contribution is 7.47. The monoisotopic (exact) mass is 452 g/mol. The molecule has 176 valence electrons. The lowest BCUT2D eigenvalue weighted by atomic mass is 9.96. The Bertz CT molecular complexity index is 568. The number of phosphoric acid groups is 1. The third-order valence-corrected chi connectivity index (χ3v) is 6.13. The molecule has 0 aliphatic carbocycles. The molecule has 1 rings (SSSR count). The number of unbranched alkanes of at least 4 members (excludes halogenated alkanes) is 6. The van der Waals surface area contributed by atoms with Gasteiger partial charge in [0, 0.05) is 0 Å². The average molecular weight is 452 g/mol. The van der Waals surface area contributed by atoms with Crippen LogP contribution in [-0.2, 0) is 27.9 Å². The van der Waals surface area contributed by atoms with Crippen LogP contribution < -0.4 is 0 Å². The van der Waals surface area contributed by atoms with Crippen LogP contribution in [0.5, 0.6) is 0 Å². The van der Waals surface area contributed by atoms with Crippen molar-refractivity contribution in [2.24, 2.45) is 5.92 Å². The summed E-state index contributed by atoms with van der Waals surface area (Å²) in [7, 11) is -4.69. The fourth-order valence-corrected chi connectivity index (χ4v) is 4.27. The molecule has 1 aliphatic rings. The van der Waals surface area contributed by atoms with E-state index in [2.05, 4.69) is 18.6 Å². The lowest BCUT2D eigenvalue weighted by Gasteiger charge is -2.20. The summed E-state index contributed by atoms with van der Waals surface area (Å²) in [6.45, 7) is 3.42. The van der Waals surface area contributed by atoms with E-state index in [1.165, 1.54) is 25.7 Å². The predicted molar refractivity (Wildman–Crippen MR) is 110 cm³/mol. The Morgan fingerprint density at radius 2 is 1.63 bits per heavy atom. The number of ketones is 1. The number of phosphoric ester groups is 1. The molecule has 0 spiro atoms. The van der Waals surface area contributed by atoms with Crippen molar-refractivity contribution in [3.63, 3.8) is 0 Å². The van der Waals surface area contributed by atoms with Crippen LogP contribution in [0.1, 0.15) is 78.1 Å². The van der Waals surface area contributed by atoms with Gasteiger partial charge in [-0.1, -0.05) is 65.2 Å². The number of Topliss-reactive ketones (excluding diaryl/α,β-unsaturated/α-hetero) is 1. The van der Waals surface area contributed by atoms with Gasteiger partial charge in [0.15, 0.2) is 6.10 Å². The van der Waals surface area contributed by atoms with E-state index in [0.29, 0.717) is 0 Å². The van der Waals surface area contributed by atoms with E-state index >= 15 is 0 Å². The minimum Gasteiger partial charge on any atom is -0.449 e. The molecule has 1 heterocycles. The van der Waals surface area contributed by atoms with Gasteiger partial charge in [-0.2, -0.15) is 0 Å². The summed E-state index contributed by atoms with van der Waals surface area (Å²) in [6, 6.07) is 0. The molecule has 0 aromatic carbocycles. The second-order valence-corrected chi connectivity index (χ2v) is 9.23. The number of esters is 1. The van der Waals surface area contributed by atoms with Gasteiger partial charge in [-0.25, -0.2) is 9.36 Å². The Morgan fingerprint density at radius 1 is 1.03 bits per heavy atom. The summed E-state index contributed by atoms with van der Waals surface area (Å²) in [5.74, 6) is -2.13. The zero-order chi connectivity index (χ0) is 22.6. The van der Waals surface area contributed by atoms with Crippen molar-refractivity contribution in [3.8, 4) is 0 Å². The number of hydrogen-bond donors (Lipinski definition) is 3. The average Bonchev–Trinajstić information content (AvgIpc) is 2.99. The van der Waals surface area contributed by atoms with Gasteiger partial charge in [0.1, 0.15) is 6.10 Å². The molecule has 1 fully saturated rings. The fourth-order valence-electron chi connectivity index (χ4n) is 3.35. The SMILES string of the molecule is CCCCCCCCC(CCCC)COP(=O)(O)OC1C(=O)O[C@H](C(O)CO)C1=O. The first kappa shape index (κ1) is 27.2. The zero-order valence-electron chi connectivity index (χ0n) is 18.0. The number of aliphatic hydroxyl groups excluding tert-OH is 2. The first-order valence-electron chi connectivity index (χ1n) is 10.9. The molecule has 4 unspecified atom stereocenters. The summed E-state index contributed by atoms with van der Waals surface area (Å²) in [5, 5.41) is 18.4. The first-order chi connectivity index (χ1) is 14.3. The van der Waals surface area contributed by atoms with E-state index < -0.39 is 44.5 Å². The third-order valence-electron chi connectivity index (χ3n) is 5.18. The second-order valence-electron chi connectivity index (χ2n) is 7.82. The molecule has 9 nitrogen and oxygen atoms in total. The largest absolute Gasteiger partial charge is 0.473 e. The molecular formula is C20H37O9P. The quantitative estimate of drug-likeness (QED) is 0.131. The molecule has 0 bridgehead atoms. The Kier molecular flexibility index (Phi) is 12.9. The van der Waals surface area contributed by atoms with Gasteiger partial charge in [-0.15, -0.1) is 0 Å². The highest BCUT2D eigenvalue weighted by Crippen LogP contribution is 2.46. The number of cyclic esters (lactones) is 1. The van der Waals surface area contributed by atoms with Crippen LogP contribution in [0.4, 0.5) is 0 Å². The molecule has 1 saturated heterocycles. The van der Waals surface area contributed by atoms with E-state index in [4.69, 9.17) is 14.2 Å². The summed E-state index contributed by atoms with van der Waals surface area (Å²) in [5.41, 5.74) is 0. The molecule has 0 aromatic heterocycles. The molecular weight excluding hydrogens is 415 g/mol. The van der Waals surface area contributed by atoms with E-state index in [1.54, 1.807) is 0 Å². The van der Waals surface area contributed by atoms with Crippen LogP contribution in [0.15, 0.2) is 0 Å². The van der Waals surface area contributed by atoms with Crippen molar-refractivity contribution in [2.45, 2.75) is 96.4 Å². The molecule has 3 N–H and O–H groups in total. The van der Waals surface area contributed by atoms with Crippen molar-refractivity contribution in [1.29, 1.82) is 0 Å². The van der Waals surface area contributed by atoms with Crippen LogP contribution >= 0.6 is 7.82 Å². The number of ether oxygens (including phenoxy) is 1. The van der Waals surface area contributed by atoms with Crippen LogP contribution in [0.2, 0.25) is 0 Å². The van der Waals surface area contributed by atoms with Crippen LogP contribution in [0.3, 0.4) is 0 Å². The Balaban J connectivity index is 2.53. The van der Waals surface area contributed by atoms with Crippen molar-refractivity contribution < 1.29 is 43.0 Å². The number of carbonyl (C=O) groups is 2. The Hall–Kier alpha value is -0.830. The lowest BCUT2D eigenvalue weighted by Crippen LogP contribution is -2.37. The van der Waals surface area contributed by atoms with Gasteiger partial charge in [0.2, 0.25) is 11.9 Å². The van der Waals surface area contributed by atoms with Gasteiger partial charge in [-0.05, 0) is 18.8 Å². The van der Waals surface area contributed by atoms with Crippen molar-refractivity contribution in [2.75, 3.05) is 13.2 Å². The van der Waals surface area contributed by atoms with E-state index in [-0.39, 0.29) is 12.5 Å². The van der Waals surface area contributed by atoms with Gasteiger partial charge in [0.05, 0.1) is 13.2 Å². The van der Waals surface area contributed by atoms with Gasteiger partial charge in [-0.3, -0.25) is 13.8 Å². The van der Waals surface area contributed by atoms with Crippen molar-refractivity contribution in [1.82, 2.24) is 0 Å². The highest BCUT2D eigenvalue weighted by Gasteiger charge is 2.50. The molecule has 1 aliphatic heterocycles. The van der Waals surface area contributed by atoms with Gasteiger partial charge < -0.3 is 19.8 Å². The molecule has 0 saturated carbocycles. The topological polar surface area (TPSA) is 140 Å². The smallest absolute Gasteiger partial charge is 0.449 e. The minimum atomic E-state index is -4.69. The van der Waals surface area contributed by atoms with Gasteiger partial charge >= 0.3 is 13.8 Å². The van der Waals surface area contributed by atoms with Crippen molar-refractivity contribution >= 4 is 19.6 Å². The predicted octanol–water partition coefficient (Wildman–Crippen LogP) is 2.89. The highest BCUT2D eigenvalue weighted by atomic mass is 31.2. The maximum atomic E-state index is 12.3. The summed E-state index contributed by atoms with van der Waals surface area (Å²) < 4.78 is 26.7. The number of carbonyl (C=O) groups excluding carboxylic acids is 2. The molecule has 0 amide bonds. The standard InChI is InChI=1S/C20H37O9P/c1-3-5-7-8-9-10-12-15(11-6-4-2)14-27-30(25,26)29-19-17(23)18(16(22)13-21)28-20(19)24/h15-16,18-19,21-22H,3-14H2,1-2H3,(H,25,26)/t15?,16?,18-,19?/m1/s1. The van der Waals surface area contributed by atoms with Crippen LogP contribution in [0, 0.1) is 5.92 Å². The molecule has 5 atom stereocenters. The van der Waals surface area contributed by atoms with E-state index in [1.807, 2.05) is 0 Å². The molecule has 30 heavy (non-hydrogen) atoms. The number of aliphatic hydroxyl groups is 2. The number of rotatable bonds is 17. The lowest BCUT2D eigenvalue weighted by molar-refractivity contribution is -0.151. The van der Waals surface area contributed by atoms with E-state index in [9.17, 15) is 24.2 Å². The third kappa shape index (κ3) is 9.54. The summed E-state index contributed by atoms with van der Waals surface area (Å²) >= 11 is 0. The van der Waals surface area contributed by atoms with Gasteiger partial charge in [0.25, 0.3) is 0 Å². The maximum absolute atomic E-state index is 12.3.